The number of rotatable bonds is 3. The number of amides is 2. The quantitative estimate of drug-likeness (QED) is 0.896. The summed E-state index contributed by atoms with van der Waals surface area (Å²) in [6.07, 6.45) is 4.35. The lowest BCUT2D eigenvalue weighted by Crippen LogP contribution is -2.36. The maximum atomic E-state index is 13.3. The lowest BCUT2D eigenvalue weighted by molar-refractivity contribution is 0.0723. The Morgan fingerprint density at radius 1 is 1.00 bits per heavy atom. The van der Waals surface area contributed by atoms with E-state index in [-0.39, 0.29) is 22.7 Å². The van der Waals surface area contributed by atoms with Gasteiger partial charge in [0, 0.05) is 31.9 Å². The highest BCUT2D eigenvalue weighted by molar-refractivity contribution is 6.05. The minimum atomic E-state index is -1.16. The molecule has 27 heavy (non-hydrogen) atoms. The number of aryl methyl sites for hydroxylation is 1. The van der Waals surface area contributed by atoms with Crippen LogP contribution in [0, 0.1) is 11.6 Å². The molecule has 6 nitrogen and oxygen atoms in total. The first-order chi connectivity index (χ1) is 12.9. The van der Waals surface area contributed by atoms with E-state index in [0.717, 1.165) is 37.5 Å². The minimum absolute atomic E-state index is 0.102. The van der Waals surface area contributed by atoms with Crippen LogP contribution in [0.5, 0.6) is 0 Å². The lowest BCUT2D eigenvalue weighted by atomic mass is 10.1. The Morgan fingerprint density at radius 2 is 1.70 bits per heavy atom. The fraction of sp³-hybridized carbons (Fsp3) is 0.316. The molecule has 0 saturated carbocycles. The summed E-state index contributed by atoms with van der Waals surface area (Å²) in [6, 6.07) is 4.01. The molecule has 0 unspecified atom stereocenters. The van der Waals surface area contributed by atoms with Gasteiger partial charge in [0.05, 0.1) is 5.56 Å². The number of halogens is 2. The number of carbonyl (C=O) groups is 2. The summed E-state index contributed by atoms with van der Waals surface area (Å²) < 4.78 is 27.6. The number of hydrogen-bond donors (Lipinski definition) is 1. The molecule has 1 aromatic heterocycles. The molecule has 2 aromatic rings. The summed E-state index contributed by atoms with van der Waals surface area (Å²) in [7, 11) is 1.47. The molecule has 0 radical (unpaired) electrons. The normalized spacial score (nSPS) is 14.1. The van der Waals surface area contributed by atoms with Crippen molar-refractivity contribution >= 4 is 17.5 Å². The van der Waals surface area contributed by atoms with E-state index in [1.54, 1.807) is 4.90 Å². The molecule has 2 heterocycles. The van der Waals surface area contributed by atoms with Crippen molar-refractivity contribution in [3.8, 4) is 0 Å². The van der Waals surface area contributed by atoms with E-state index in [4.69, 9.17) is 0 Å². The topological polar surface area (TPSA) is 71.4 Å². The number of carbonyl (C=O) groups excluding carboxylic acids is 2. The molecular formula is C19H19F2N3O3. The second-order valence-corrected chi connectivity index (χ2v) is 6.49. The van der Waals surface area contributed by atoms with Crippen molar-refractivity contribution in [2.75, 3.05) is 18.4 Å². The number of hydrogen-bond acceptors (Lipinski definition) is 3. The van der Waals surface area contributed by atoms with E-state index in [9.17, 15) is 23.2 Å². The molecule has 0 bridgehead atoms. The SMILES string of the molecule is Cn1cc(C(=O)N2CCCCC2)cc(NC(=O)c2ccc(F)c(F)c2)c1=O. The third-order valence-corrected chi connectivity index (χ3v) is 4.50. The Bertz CT molecular complexity index is 950. The molecule has 2 amide bonds. The van der Waals surface area contributed by atoms with Crippen LogP contribution < -0.4 is 10.9 Å². The van der Waals surface area contributed by atoms with Gasteiger partial charge in [-0.1, -0.05) is 0 Å². The molecule has 1 N–H and O–H groups in total. The van der Waals surface area contributed by atoms with Crippen LogP contribution in [0.4, 0.5) is 14.5 Å². The summed E-state index contributed by atoms with van der Waals surface area (Å²) in [6.45, 7) is 1.30. The first-order valence-electron chi connectivity index (χ1n) is 8.63. The zero-order chi connectivity index (χ0) is 19.6. The van der Waals surface area contributed by atoms with Crippen LogP contribution in [0.15, 0.2) is 35.3 Å². The van der Waals surface area contributed by atoms with Gasteiger partial charge in [-0.05, 0) is 43.5 Å². The largest absolute Gasteiger partial charge is 0.339 e. The number of benzene rings is 1. The standard InChI is InChI=1S/C19H19F2N3O3/c1-23-11-13(18(26)24-7-3-2-4-8-24)10-16(19(23)27)22-17(25)12-5-6-14(20)15(21)9-12/h5-6,9-11H,2-4,7-8H2,1H3,(H,22,25). The van der Waals surface area contributed by atoms with Gasteiger partial charge < -0.3 is 14.8 Å². The van der Waals surface area contributed by atoms with Crippen LogP contribution >= 0.6 is 0 Å². The molecule has 1 aromatic carbocycles. The van der Waals surface area contributed by atoms with Gasteiger partial charge in [0.2, 0.25) is 0 Å². The number of aromatic nitrogens is 1. The zero-order valence-corrected chi connectivity index (χ0v) is 14.8. The van der Waals surface area contributed by atoms with Crippen LogP contribution in [0.3, 0.4) is 0 Å². The van der Waals surface area contributed by atoms with Gasteiger partial charge in [0.15, 0.2) is 11.6 Å². The summed E-state index contributed by atoms with van der Waals surface area (Å²) in [5, 5.41) is 2.38. The minimum Gasteiger partial charge on any atom is -0.339 e. The van der Waals surface area contributed by atoms with Gasteiger partial charge >= 0.3 is 0 Å². The molecule has 8 heteroatoms. The Balaban J connectivity index is 1.87. The van der Waals surface area contributed by atoms with E-state index in [1.807, 2.05) is 0 Å². The molecule has 1 fully saturated rings. The Morgan fingerprint density at radius 3 is 2.37 bits per heavy atom. The predicted molar refractivity (Wildman–Crippen MR) is 95.7 cm³/mol. The summed E-state index contributed by atoms with van der Waals surface area (Å²) in [5.41, 5.74) is -0.473. The number of pyridine rings is 1. The first-order valence-corrected chi connectivity index (χ1v) is 8.63. The molecular weight excluding hydrogens is 356 g/mol. The lowest BCUT2D eigenvalue weighted by Gasteiger charge is -2.27. The molecule has 1 saturated heterocycles. The molecule has 0 spiro atoms. The number of nitrogens with one attached hydrogen (secondary N) is 1. The molecule has 1 aliphatic heterocycles. The van der Waals surface area contributed by atoms with Gasteiger partial charge in [0.1, 0.15) is 5.69 Å². The van der Waals surface area contributed by atoms with Gasteiger partial charge in [-0.2, -0.15) is 0 Å². The van der Waals surface area contributed by atoms with Crippen LogP contribution in [-0.4, -0.2) is 34.4 Å². The highest BCUT2D eigenvalue weighted by Gasteiger charge is 2.21. The molecule has 0 aliphatic carbocycles. The second kappa shape index (κ2) is 7.69. The van der Waals surface area contributed by atoms with Crippen molar-refractivity contribution in [2.45, 2.75) is 19.3 Å². The maximum Gasteiger partial charge on any atom is 0.274 e. The predicted octanol–water partition coefficient (Wildman–Crippen LogP) is 2.54. The summed E-state index contributed by atoms with van der Waals surface area (Å²) >= 11 is 0. The van der Waals surface area contributed by atoms with Gasteiger partial charge in [-0.25, -0.2) is 8.78 Å². The van der Waals surface area contributed by atoms with Crippen molar-refractivity contribution in [3.63, 3.8) is 0 Å². The average molecular weight is 375 g/mol. The second-order valence-electron chi connectivity index (χ2n) is 6.49. The van der Waals surface area contributed by atoms with E-state index in [1.165, 1.54) is 23.9 Å². The van der Waals surface area contributed by atoms with Gasteiger partial charge in [0.25, 0.3) is 17.4 Å². The van der Waals surface area contributed by atoms with Crippen molar-refractivity contribution in [2.24, 2.45) is 7.05 Å². The maximum absolute atomic E-state index is 13.3. The Kier molecular flexibility index (Phi) is 5.34. The van der Waals surface area contributed by atoms with Crippen LogP contribution in [0.1, 0.15) is 40.0 Å². The van der Waals surface area contributed by atoms with Crippen LogP contribution in [0.25, 0.3) is 0 Å². The monoisotopic (exact) mass is 375 g/mol. The van der Waals surface area contributed by atoms with Crippen molar-refractivity contribution in [3.05, 3.63) is 63.6 Å². The molecule has 3 rings (SSSR count). The highest BCUT2D eigenvalue weighted by Crippen LogP contribution is 2.15. The molecule has 0 atom stereocenters. The summed E-state index contributed by atoms with van der Waals surface area (Å²) in [4.78, 5) is 38.9. The van der Waals surface area contributed by atoms with E-state index < -0.39 is 23.1 Å². The molecule has 1 aliphatic rings. The van der Waals surface area contributed by atoms with Crippen molar-refractivity contribution in [1.82, 2.24) is 9.47 Å². The zero-order valence-electron chi connectivity index (χ0n) is 14.8. The first kappa shape index (κ1) is 18.8. The average Bonchev–Trinajstić information content (AvgIpc) is 2.67. The van der Waals surface area contributed by atoms with Crippen LogP contribution in [-0.2, 0) is 7.05 Å². The Labute approximate surface area is 154 Å². The fourth-order valence-electron chi connectivity index (χ4n) is 3.03. The van der Waals surface area contributed by atoms with E-state index in [2.05, 4.69) is 5.32 Å². The fourth-order valence-corrected chi connectivity index (χ4v) is 3.03. The van der Waals surface area contributed by atoms with E-state index >= 15 is 0 Å². The van der Waals surface area contributed by atoms with Gasteiger partial charge in [-0.3, -0.25) is 14.4 Å². The molecule has 142 valence electrons. The third kappa shape index (κ3) is 4.05. The number of likely N-dealkylation sites (tertiary alicyclic amines) is 1. The van der Waals surface area contributed by atoms with Crippen molar-refractivity contribution < 1.29 is 18.4 Å². The van der Waals surface area contributed by atoms with E-state index in [0.29, 0.717) is 13.1 Å². The Hall–Kier alpha value is -3.03. The highest BCUT2D eigenvalue weighted by atomic mass is 19.2. The van der Waals surface area contributed by atoms with Gasteiger partial charge in [-0.15, -0.1) is 0 Å². The number of anilines is 1. The smallest absolute Gasteiger partial charge is 0.274 e. The third-order valence-electron chi connectivity index (χ3n) is 4.50. The number of piperidine rings is 1. The van der Waals surface area contributed by atoms with Crippen molar-refractivity contribution in [1.29, 1.82) is 0 Å². The number of nitrogens with zero attached hydrogens (tertiary/aromatic N) is 2. The summed E-state index contributed by atoms with van der Waals surface area (Å²) in [5.74, 6) is -3.22. The van der Waals surface area contributed by atoms with Crippen LogP contribution in [0.2, 0.25) is 0 Å².